The molecule has 1 heterocycles. The molecule has 0 spiro atoms. The maximum Gasteiger partial charge on any atom is 0.573 e. The molecule has 4 rings (SSSR count). The first-order valence-electron chi connectivity index (χ1n) is 12.0. The Kier molecular flexibility index (Phi) is 8.56. The van der Waals surface area contributed by atoms with Crippen LogP contribution in [0.1, 0.15) is 32.0 Å². The number of nitrogens with one attached hydrogen (secondary N) is 3. The molecule has 0 unspecified atom stereocenters. The van der Waals surface area contributed by atoms with Gasteiger partial charge in [0, 0.05) is 29.4 Å². The van der Waals surface area contributed by atoms with Gasteiger partial charge in [-0.2, -0.15) is 0 Å². The second-order valence-corrected chi connectivity index (χ2v) is 8.63. The molecule has 10 nitrogen and oxygen atoms in total. The lowest BCUT2D eigenvalue weighted by atomic mass is 10.1. The van der Waals surface area contributed by atoms with Gasteiger partial charge in [-0.05, 0) is 42.0 Å². The number of H-pyrrole nitrogens is 1. The van der Waals surface area contributed by atoms with E-state index in [1.807, 2.05) is 0 Å². The Hall–Kier alpha value is -5.33. The van der Waals surface area contributed by atoms with E-state index < -0.39 is 41.7 Å². The Balaban J connectivity index is 1.49. The molecule has 1 aromatic heterocycles. The van der Waals surface area contributed by atoms with Crippen molar-refractivity contribution in [3.63, 3.8) is 0 Å². The second kappa shape index (κ2) is 12.2. The highest BCUT2D eigenvalue weighted by Gasteiger charge is 2.32. The summed E-state index contributed by atoms with van der Waals surface area (Å²) in [5, 5.41) is 4.90. The predicted octanol–water partition coefficient (Wildman–Crippen LogP) is 3.67. The minimum atomic E-state index is -5.08. The fourth-order valence-electron chi connectivity index (χ4n) is 3.77. The number of aromatic amines is 1. The number of hydrogen-bond acceptors (Lipinski definition) is 6. The molecule has 4 aromatic rings. The van der Waals surface area contributed by atoms with Crippen molar-refractivity contribution in [1.82, 2.24) is 14.9 Å². The molecule has 0 saturated carbocycles. The van der Waals surface area contributed by atoms with Crippen molar-refractivity contribution in [2.24, 2.45) is 0 Å². The molecule has 13 heteroatoms. The summed E-state index contributed by atoms with van der Waals surface area (Å²) in [6.45, 7) is -0.493. The Morgan fingerprint density at radius 3 is 2.27 bits per heavy atom. The SMILES string of the molecule is COc1ccc(NC(=O)c2ccc(CNC(=O)c3cc(=O)n(Cc4ccccc4)c(=O)[nH]3)c(OC(F)(F)F)c2)cc1. The monoisotopic (exact) mass is 568 g/mol. The van der Waals surface area contributed by atoms with Crippen molar-refractivity contribution in [3.05, 3.63) is 122 Å². The van der Waals surface area contributed by atoms with Crippen LogP contribution in [0.5, 0.6) is 11.5 Å². The molecular weight excluding hydrogens is 545 g/mol. The third-order valence-electron chi connectivity index (χ3n) is 5.79. The van der Waals surface area contributed by atoms with E-state index in [-0.39, 0.29) is 23.4 Å². The van der Waals surface area contributed by atoms with Crippen LogP contribution in [-0.2, 0) is 13.1 Å². The van der Waals surface area contributed by atoms with Crippen LogP contribution in [0.4, 0.5) is 18.9 Å². The number of amides is 2. The molecular formula is C28H23F3N4O6. The fraction of sp³-hybridized carbons (Fsp3) is 0.143. The van der Waals surface area contributed by atoms with Gasteiger partial charge in [-0.3, -0.25) is 19.0 Å². The normalized spacial score (nSPS) is 11.0. The molecule has 0 bridgehead atoms. The summed E-state index contributed by atoms with van der Waals surface area (Å²) < 4.78 is 49.4. The van der Waals surface area contributed by atoms with Crippen LogP contribution in [0.15, 0.2) is 88.5 Å². The molecule has 0 aliphatic carbocycles. The topological polar surface area (TPSA) is 132 Å². The van der Waals surface area contributed by atoms with Gasteiger partial charge in [0.15, 0.2) is 0 Å². The highest BCUT2D eigenvalue weighted by atomic mass is 19.4. The number of carbonyl (C=O) groups is 2. The Morgan fingerprint density at radius 2 is 1.63 bits per heavy atom. The maximum atomic E-state index is 13.1. The van der Waals surface area contributed by atoms with Gasteiger partial charge in [0.2, 0.25) is 0 Å². The largest absolute Gasteiger partial charge is 0.573 e. The molecule has 3 N–H and O–H groups in total. The zero-order valence-electron chi connectivity index (χ0n) is 21.5. The molecule has 0 saturated heterocycles. The highest BCUT2D eigenvalue weighted by molar-refractivity contribution is 6.04. The van der Waals surface area contributed by atoms with E-state index in [0.717, 1.165) is 16.7 Å². The van der Waals surface area contributed by atoms with E-state index in [2.05, 4.69) is 20.4 Å². The number of aromatic nitrogens is 2. The van der Waals surface area contributed by atoms with Crippen molar-refractivity contribution >= 4 is 17.5 Å². The van der Waals surface area contributed by atoms with Gasteiger partial charge >= 0.3 is 12.1 Å². The molecule has 2 amide bonds. The van der Waals surface area contributed by atoms with Crippen molar-refractivity contribution in [2.75, 3.05) is 12.4 Å². The van der Waals surface area contributed by atoms with Gasteiger partial charge in [-0.1, -0.05) is 36.4 Å². The van der Waals surface area contributed by atoms with Gasteiger partial charge in [0.1, 0.15) is 17.2 Å². The van der Waals surface area contributed by atoms with E-state index in [4.69, 9.17) is 4.74 Å². The smallest absolute Gasteiger partial charge is 0.497 e. The molecule has 0 radical (unpaired) electrons. The molecule has 212 valence electrons. The Labute approximate surface area is 230 Å². The molecule has 0 atom stereocenters. The number of methoxy groups -OCH3 is 1. The van der Waals surface area contributed by atoms with E-state index in [9.17, 15) is 32.3 Å². The first kappa shape index (κ1) is 28.7. The summed E-state index contributed by atoms with van der Waals surface area (Å²) in [6, 6.07) is 19.3. The lowest BCUT2D eigenvalue weighted by Crippen LogP contribution is -2.38. The minimum Gasteiger partial charge on any atom is -0.497 e. The van der Waals surface area contributed by atoms with Crippen molar-refractivity contribution in [3.8, 4) is 11.5 Å². The third kappa shape index (κ3) is 7.62. The van der Waals surface area contributed by atoms with Crippen LogP contribution >= 0.6 is 0 Å². The molecule has 0 aliphatic rings. The summed E-state index contributed by atoms with van der Waals surface area (Å²) in [5.74, 6) is -1.78. The zero-order valence-corrected chi connectivity index (χ0v) is 21.5. The number of carbonyl (C=O) groups excluding carboxylic acids is 2. The molecule has 0 fully saturated rings. The van der Waals surface area contributed by atoms with E-state index in [1.54, 1.807) is 54.6 Å². The Bertz CT molecular complexity index is 1630. The maximum absolute atomic E-state index is 13.1. The van der Waals surface area contributed by atoms with E-state index >= 15 is 0 Å². The van der Waals surface area contributed by atoms with E-state index in [0.29, 0.717) is 17.0 Å². The number of rotatable bonds is 9. The second-order valence-electron chi connectivity index (χ2n) is 8.63. The average Bonchev–Trinajstić information content (AvgIpc) is 2.94. The molecule has 0 aliphatic heterocycles. The van der Waals surface area contributed by atoms with Crippen LogP contribution in [0.2, 0.25) is 0 Å². The van der Waals surface area contributed by atoms with Crippen LogP contribution in [0, 0.1) is 0 Å². The standard InChI is InChI=1S/C28H23F3N4O6/c1-40-21-11-9-20(10-12-21)33-25(37)18-7-8-19(23(13-18)41-28(29,30)31)15-32-26(38)22-14-24(36)35(27(39)34-22)16-17-5-3-2-4-6-17/h2-14H,15-16H2,1H3,(H,32,38)(H,33,37)(H,34,39). The summed E-state index contributed by atoms with van der Waals surface area (Å²) in [6.07, 6.45) is -5.08. The molecule has 41 heavy (non-hydrogen) atoms. The van der Waals surface area contributed by atoms with E-state index in [1.165, 1.54) is 19.2 Å². The van der Waals surface area contributed by atoms with Crippen LogP contribution in [-0.4, -0.2) is 34.8 Å². The Morgan fingerprint density at radius 1 is 0.927 bits per heavy atom. The van der Waals surface area contributed by atoms with Gasteiger partial charge < -0.3 is 25.1 Å². The number of ether oxygens (including phenoxy) is 2. The minimum absolute atomic E-state index is 0.0204. The number of benzene rings is 3. The van der Waals surface area contributed by atoms with Gasteiger partial charge in [0.25, 0.3) is 17.4 Å². The zero-order chi connectivity index (χ0) is 29.6. The van der Waals surface area contributed by atoms with Crippen LogP contribution < -0.4 is 31.4 Å². The van der Waals surface area contributed by atoms with Crippen molar-refractivity contribution in [1.29, 1.82) is 0 Å². The number of halogens is 3. The third-order valence-corrected chi connectivity index (χ3v) is 5.79. The predicted molar refractivity (Wildman–Crippen MR) is 142 cm³/mol. The lowest BCUT2D eigenvalue weighted by Gasteiger charge is -2.15. The van der Waals surface area contributed by atoms with Crippen molar-refractivity contribution in [2.45, 2.75) is 19.5 Å². The van der Waals surface area contributed by atoms with Crippen LogP contribution in [0.25, 0.3) is 0 Å². The lowest BCUT2D eigenvalue weighted by molar-refractivity contribution is -0.274. The molecule has 3 aromatic carbocycles. The number of alkyl halides is 3. The summed E-state index contributed by atoms with van der Waals surface area (Å²) in [4.78, 5) is 52.5. The first-order valence-corrected chi connectivity index (χ1v) is 12.0. The fourth-order valence-corrected chi connectivity index (χ4v) is 3.77. The van der Waals surface area contributed by atoms with Crippen LogP contribution in [0.3, 0.4) is 0 Å². The van der Waals surface area contributed by atoms with Gasteiger partial charge in [-0.25, -0.2) is 4.79 Å². The average molecular weight is 569 g/mol. The van der Waals surface area contributed by atoms with Crippen molar-refractivity contribution < 1.29 is 32.2 Å². The quantitative estimate of drug-likeness (QED) is 0.282. The van der Waals surface area contributed by atoms with Gasteiger partial charge in [0.05, 0.1) is 13.7 Å². The summed E-state index contributed by atoms with van der Waals surface area (Å²) in [7, 11) is 1.47. The number of hydrogen-bond donors (Lipinski definition) is 3. The summed E-state index contributed by atoms with van der Waals surface area (Å²) >= 11 is 0. The van der Waals surface area contributed by atoms with Gasteiger partial charge in [-0.15, -0.1) is 13.2 Å². The number of anilines is 1. The number of nitrogens with zero attached hydrogens (tertiary/aromatic N) is 1. The summed E-state index contributed by atoms with van der Waals surface area (Å²) in [5.41, 5.74) is -1.13. The highest BCUT2D eigenvalue weighted by Crippen LogP contribution is 2.28. The first-order chi connectivity index (χ1) is 19.5.